The predicted octanol–water partition coefficient (Wildman–Crippen LogP) is 3.24. The number of rotatable bonds is 6. The summed E-state index contributed by atoms with van der Waals surface area (Å²) < 4.78 is 6.01. The molecular formula is C18H19BrN2O3. The van der Waals surface area contributed by atoms with Crippen LogP contribution >= 0.6 is 15.9 Å². The molecule has 2 aromatic rings. The molecule has 0 saturated carbocycles. The van der Waals surface area contributed by atoms with E-state index in [0.29, 0.717) is 24.4 Å². The molecule has 0 aromatic heterocycles. The number of methoxy groups -OCH3 is 1. The van der Waals surface area contributed by atoms with E-state index in [1.807, 2.05) is 24.3 Å². The molecule has 0 aliphatic heterocycles. The first-order valence-corrected chi connectivity index (χ1v) is 8.26. The smallest absolute Gasteiger partial charge is 0.251 e. The van der Waals surface area contributed by atoms with Crippen molar-refractivity contribution in [3.05, 3.63) is 58.6 Å². The number of halogens is 1. The number of carbonyl (C=O) groups is 2. The topological polar surface area (TPSA) is 58.6 Å². The van der Waals surface area contributed by atoms with Crippen molar-refractivity contribution in [2.24, 2.45) is 0 Å². The highest BCUT2D eigenvalue weighted by molar-refractivity contribution is 9.10. The summed E-state index contributed by atoms with van der Waals surface area (Å²) in [5.41, 5.74) is 1.35. The maximum atomic E-state index is 12.1. The fourth-order valence-electron chi connectivity index (χ4n) is 2.22. The van der Waals surface area contributed by atoms with E-state index in [9.17, 15) is 9.59 Å². The van der Waals surface area contributed by atoms with Crippen molar-refractivity contribution in [2.75, 3.05) is 25.1 Å². The van der Waals surface area contributed by atoms with Crippen LogP contribution < -0.4 is 15.0 Å². The normalized spacial score (nSPS) is 10.1. The van der Waals surface area contributed by atoms with Gasteiger partial charge in [0, 0.05) is 35.7 Å². The second-order valence-electron chi connectivity index (χ2n) is 5.13. The standard InChI is InChI=1S/C18H19BrN2O3/c1-13(22)21(16-7-5-15(19)6-8-16)12-11-20-18(23)14-3-9-17(24-2)10-4-14/h3-10H,11-12H2,1-2H3,(H,20,23). The summed E-state index contributed by atoms with van der Waals surface area (Å²) in [5, 5.41) is 2.82. The number of nitrogens with one attached hydrogen (secondary N) is 1. The lowest BCUT2D eigenvalue weighted by molar-refractivity contribution is -0.116. The Kier molecular flexibility index (Phi) is 6.37. The fourth-order valence-corrected chi connectivity index (χ4v) is 2.48. The van der Waals surface area contributed by atoms with Gasteiger partial charge in [0.2, 0.25) is 5.91 Å². The highest BCUT2D eigenvalue weighted by atomic mass is 79.9. The van der Waals surface area contributed by atoms with Crippen molar-refractivity contribution < 1.29 is 14.3 Å². The molecule has 0 unspecified atom stereocenters. The van der Waals surface area contributed by atoms with Crippen LogP contribution in [0.15, 0.2) is 53.0 Å². The van der Waals surface area contributed by atoms with Crippen molar-refractivity contribution >= 4 is 33.4 Å². The maximum absolute atomic E-state index is 12.1. The van der Waals surface area contributed by atoms with Crippen LogP contribution in [0, 0.1) is 0 Å². The fraction of sp³-hybridized carbons (Fsp3) is 0.222. The van der Waals surface area contributed by atoms with E-state index in [0.717, 1.165) is 10.2 Å². The van der Waals surface area contributed by atoms with Crippen LogP contribution in [0.5, 0.6) is 5.75 Å². The molecule has 24 heavy (non-hydrogen) atoms. The van der Waals surface area contributed by atoms with Gasteiger partial charge in [0.15, 0.2) is 0 Å². The Morgan fingerprint density at radius 3 is 2.25 bits per heavy atom. The zero-order valence-corrected chi connectivity index (χ0v) is 15.2. The molecule has 0 saturated heterocycles. The predicted molar refractivity (Wildman–Crippen MR) is 97.5 cm³/mol. The third-order valence-electron chi connectivity index (χ3n) is 3.49. The molecule has 5 nitrogen and oxygen atoms in total. The first-order valence-electron chi connectivity index (χ1n) is 7.47. The molecule has 0 spiro atoms. The molecule has 2 aromatic carbocycles. The Balaban J connectivity index is 1.93. The minimum atomic E-state index is -0.183. The van der Waals surface area contributed by atoms with E-state index >= 15 is 0 Å². The molecule has 0 fully saturated rings. The van der Waals surface area contributed by atoms with E-state index < -0.39 is 0 Å². The van der Waals surface area contributed by atoms with E-state index in [2.05, 4.69) is 21.2 Å². The van der Waals surface area contributed by atoms with Crippen molar-refractivity contribution in [3.8, 4) is 5.75 Å². The van der Waals surface area contributed by atoms with Gasteiger partial charge in [0.05, 0.1) is 7.11 Å². The highest BCUT2D eigenvalue weighted by Crippen LogP contribution is 2.18. The zero-order chi connectivity index (χ0) is 17.5. The molecule has 0 bridgehead atoms. The summed E-state index contributed by atoms with van der Waals surface area (Å²) in [6, 6.07) is 14.3. The van der Waals surface area contributed by atoms with Crippen LogP contribution in [0.3, 0.4) is 0 Å². The molecule has 2 amide bonds. The number of anilines is 1. The van der Waals surface area contributed by atoms with Gasteiger partial charge >= 0.3 is 0 Å². The number of ether oxygens (including phenoxy) is 1. The van der Waals surface area contributed by atoms with Crippen LogP contribution in [0.4, 0.5) is 5.69 Å². The van der Waals surface area contributed by atoms with Gasteiger partial charge in [-0.2, -0.15) is 0 Å². The first-order chi connectivity index (χ1) is 11.5. The average molecular weight is 391 g/mol. The van der Waals surface area contributed by atoms with Gasteiger partial charge < -0.3 is 15.0 Å². The van der Waals surface area contributed by atoms with Crippen LogP contribution in [0.2, 0.25) is 0 Å². The lowest BCUT2D eigenvalue weighted by Crippen LogP contribution is -2.37. The minimum absolute atomic E-state index is 0.0731. The van der Waals surface area contributed by atoms with Gasteiger partial charge in [-0.15, -0.1) is 0 Å². The Bertz CT molecular complexity index is 699. The molecule has 0 aliphatic carbocycles. The van der Waals surface area contributed by atoms with Gasteiger partial charge in [-0.1, -0.05) is 15.9 Å². The molecule has 0 atom stereocenters. The SMILES string of the molecule is COc1ccc(C(=O)NCCN(C(C)=O)c2ccc(Br)cc2)cc1. The summed E-state index contributed by atoms with van der Waals surface area (Å²) in [6.45, 7) is 2.27. The van der Waals surface area contributed by atoms with E-state index in [4.69, 9.17) is 4.74 Å². The molecule has 6 heteroatoms. The molecule has 1 N–H and O–H groups in total. The summed E-state index contributed by atoms with van der Waals surface area (Å²) >= 11 is 3.37. The van der Waals surface area contributed by atoms with E-state index in [1.54, 1.807) is 36.3 Å². The monoisotopic (exact) mass is 390 g/mol. The second kappa shape index (κ2) is 8.49. The quantitative estimate of drug-likeness (QED) is 0.823. The molecule has 0 aliphatic rings. The van der Waals surface area contributed by atoms with E-state index in [-0.39, 0.29) is 11.8 Å². The second-order valence-corrected chi connectivity index (χ2v) is 6.05. The molecular weight excluding hydrogens is 372 g/mol. The summed E-state index contributed by atoms with van der Waals surface area (Å²) in [5.74, 6) is 0.442. The Morgan fingerprint density at radius 1 is 1.08 bits per heavy atom. The van der Waals surface area contributed by atoms with Crippen molar-refractivity contribution in [3.63, 3.8) is 0 Å². The van der Waals surface area contributed by atoms with Crippen LogP contribution in [-0.4, -0.2) is 32.0 Å². The average Bonchev–Trinajstić information content (AvgIpc) is 2.59. The summed E-state index contributed by atoms with van der Waals surface area (Å²) in [7, 11) is 1.58. The highest BCUT2D eigenvalue weighted by Gasteiger charge is 2.12. The van der Waals surface area contributed by atoms with Crippen LogP contribution in [-0.2, 0) is 4.79 Å². The lowest BCUT2D eigenvalue weighted by Gasteiger charge is -2.21. The maximum Gasteiger partial charge on any atom is 0.251 e. The Hall–Kier alpha value is -2.34. The van der Waals surface area contributed by atoms with Crippen molar-refractivity contribution in [2.45, 2.75) is 6.92 Å². The van der Waals surface area contributed by atoms with Crippen molar-refractivity contribution in [1.29, 1.82) is 0 Å². The lowest BCUT2D eigenvalue weighted by atomic mass is 10.2. The van der Waals surface area contributed by atoms with Gasteiger partial charge in [-0.05, 0) is 48.5 Å². The third-order valence-corrected chi connectivity index (χ3v) is 4.02. The first kappa shape index (κ1) is 18.0. The molecule has 2 rings (SSSR count). The van der Waals surface area contributed by atoms with Crippen LogP contribution in [0.1, 0.15) is 17.3 Å². The Labute approximate surface area is 149 Å². The molecule has 0 radical (unpaired) electrons. The van der Waals surface area contributed by atoms with Crippen LogP contribution in [0.25, 0.3) is 0 Å². The molecule has 0 heterocycles. The number of nitrogens with zero attached hydrogens (tertiary/aromatic N) is 1. The number of carbonyl (C=O) groups excluding carboxylic acids is 2. The Morgan fingerprint density at radius 2 is 1.71 bits per heavy atom. The van der Waals surface area contributed by atoms with Gasteiger partial charge in [0.25, 0.3) is 5.91 Å². The van der Waals surface area contributed by atoms with Crippen molar-refractivity contribution in [1.82, 2.24) is 5.32 Å². The van der Waals surface area contributed by atoms with E-state index in [1.165, 1.54) is 6.92 Å². The largest absolute Gasteiger partial charge is 0.497 e. The summed E-state index contributed by atoms with van der Waals surface area (Å²) in [4.78, 5) is 25.6. The summed E-state index contributed by atoms with van der Waals surface area (Å²) in [6.07, 6.45) is 0. The van der Waals surface area contributed by atoms with Gasteiger partial charge in [-0.25, -0.2) is 0 Å². The number of benzene rings is 2. The third kappa shape index (κ3) is 4.83. The minimum Gasteiger partial charge on any atom is -0.497 e. The van der Waals surface area contributed by atoms with Gasteiger partial charge in [0.1, 0.15) is 5.75 Å². The molecule has 126 valence electrons. The number of amides is 2. The van der Waals surface area contributed by atoms with Gasteiger partial charge in [-0.3, -0.25) is 9.59 Å². The number of hydrogen-bond acceptors (Lipinski definition) is 3. The zero-order valence-electron chi connectivity index (χ0n) is 13.6. The number of hydrogen-bond donors (Lipinski definition) is 1.